The molecule has 2 N–H and O–H groups in total. The molecule has 0 saturated carbocycles. The van der Waals surface area contributed by atoms with Crippen molar-refractivity contribution >= 4 is 22.3 Å². The second-order valence-electron chi connectivity index (χ2n) is 2.04. The second-order valence-corrected chi connectivity index (χ2v) is 3.99. The Hall–Kier alpha value is -0.730. The number of aromatic nitrogens is 2. The molecule has 0 spiro atoms. The van der Waals surface area contributed by atoms with Gasteiger partial charge in [-0.15, -0.1) is 5.10 Å². The summed E-state index contributed by atoms with van der Waals surface area (Å²) in [6, 6.07) is 0. The van der Waals surface area contributed by atoms with E-state index in [2.05, 4.69) is 22.4 Å². The molecule has 1 heterocycles. The normalized spacial score (nSPS) is 11.8. The van der Waals surface area contributed by atoms with E-state index in [1.807, 2.05) is 0 Å². The Bertz CT molecular complexity index is 403. The van der Waals surface area contributed by atoms with Crippen LogP contribution >= 0.6 is 12.2 Å². The molecule has 8 heteroatoms. The van der Waals surface area contributed by atoms with Crippen LogP contribution in [0.4, 0.5) is 0 Å². The molecule has 1 rings (SSSR count). The lowest BCUT2D eigenvalue weighted by molar-refractivity contribution is 0.465. The highest BCUT2D eigenvalue weighted by Gasteiger charge is 2.07. The Labute approximate surface area is 73.4 Å². The molecule has 0 radical (unpaired) electrons. The van der Waals surface area contributed by atoms with Gasteiger partial charge in [-0.05, 0) is 12.2 Å². The third-order valence-electron chi connectivity index (χ3n) is 1.06. The zero-order valence-electron chi connectivity index (χ0n) is 5.85. The maximum absolute atomic E-state index is 10.3. The van der Waals surface area contributed by atoms with Crippen molar-refractivity contribution in [1.82, 2.24) is 10.2 Å². The van der Waals surface area contributed by atoms with Crippen molar-refractivity contribution in [1.29, 1.82) is 0 Å². The van der Waals surface area contributed by atoms with Gasteiger partial charge in [0.1, 0.15) is 0 Å². The van der Waals surface area contributed by atoms with Crippen molar-refractivity contribution in [3.8, 4) is 0 Å². The molecule has 0 unspecified atom stereocenters. The Morgan fingerprint density at radius 3 is 2.75 bits per heavy atom. The molecule has 6 nitrogen and oxygen atoms in total. The van der Waals surface area contributed by atoms with Gasteiger partial charge in [-0.1, -0.05) is 0 Å². The number of nitrogens with zero attached hydrogens (tertiary/aromatic N) is 1. The van der Waals surface area contributed by atoms with Gasteiger partial charge in [0, 0.05) is 6.42 Å². The standard InChI is InChI=1S/C4H6N2O4S2/c7-12(8,9)2-1-3-5-6-4(11)10-3/h1-2H2,(H,6,11)(H,7,8,9). The van der Waals surface area contributed by atoms with Crippen molar-refractivity contribution < 1.29 is 17.4 Å². The van der Waals surface area contributed by atoms with Crippen molar-refractivity contribution in [2.24, 2.45) is 0 Å². The summed E-state index contributed by atoms with van der Waals surface area (Å²) in [7, 11) is -3.96. The van der Waals surface area contributed by atoms with E-state index in [0.29, 0.717) is 0 Å². The van der Waals surface area contributed by atoms with E-state index in [4.69, 9.17) is 8.97 Å². The Balaban J connectivity index is 2.61. The van der Waals surface area contributed by atoms with E-state index < -0.39 is 15.9 Å². The van der Waals surface area contributed by atoms with Crippen LogP contribution in [0.25, 0.3) is 0 Å². The topological polar surface area (TPSA) is 96.2 Å². The Morgan fingerprint density at radius 2 is 2.33 bits per heavy atom. The summed E-state index contributed by atoms with van der Waals surface area (Å²) >= 11 is 4.54. The molecule has 0 fully saturated rings. The Kier molecular flexibility index (Phi) is 2.60. The van der Waals surface area contributed by atoms with E-state index in [1.54, 1.807) is 0 Å². The lowest BCUT2D eigenvalue weighted by atomic mass is 10.5. The van der Waals surface area contributed by atoms with Crippen molar-refractivity contribution in [2.75, 3.05) is 5.75 Å². The summed E-state index contributed by atoms with van der Waals surface area (Å²) in [5.41, 5.74) is 0. The summed E-state index contributed by atoms with van der Waals surface area (Å²) in [6.45, 7) is 0. The molecule has 0 bridgehead atoms. The van der Waals surface area contributed by atoms with Crippen LogP contribution in [0, 0.1) is 4.84 Å². The van der Waals surface area contributed by atoms with Gasteiger partial charge in [-0.3, -0.25) is 4.55 Å². The molecule has 12 heavy (non-hydrogen) atoms. The minimum Gasteiger partial charge on any atom is -0.414 e. The first-order chi connectivity index (χ1) is 5.47. The van der Waals surface area contributed by atoms with Gasteiger partial charge in [0.25, 0.3) is 15.0 Å². The summed E-state index contributed by atoms with van der Waals surface area (Å²) in [5, 5.41) is 5.87. The van der Waals surface area contributed by atoms with Crippen LogP contribution in [0.2, 0.25) is 0 Å². The minimum atomic E-state index is -3.96. The zero-order chi connectivity index (χ0) is 9.19. The van der Waals surface area contributed by atoms with Crippen LogP contribution in [0.15, 0.2) is 4.42 Å². The van der Waals surface area contributed by atoms with E-state index in [-0.39, 0.29) is 17.1 Å². The summed E-state index contributed by atoms with van der Waals surface area (Å²) in [4.78, 5) is 0.0836. The zero-order valence-corrected chi connectivity index (χ0v) is 7.48. The SMILES string of the molecule is O=S(=O)(O)CCc1n[nH]c(=S)o1. The third kappa shape index (κ3) is 3.11. The number of H-pyrrole nitrogens is 1. The molecule has 1 aromatic heterocycles. The summed E-state index contributed by atoms with van der Waals surface area (Å²) in [5.74, 6) is -0.256. The van der Waals surface area contributed by atoms with E-state index in [1.165, 1.54) is 0 Å². The maximum Gasteiger partial charge on any atom is 0.284 e. The molecule has 0 aliphatic heterocycles. The molecule has 0 amide bonds. The number of hydrogen-bond donors (Lipinski definition) is 2. The average Bonchev–Trinajstić information content (AvgIpc) is 2.30. The van der Waals surface area contributed by atoms with Crippen LogP contribution in [-0.4, -0.2) is 28.9 Å². The first-order valence-electron chi connectivity index (χ1n) is 2.97. The monoisotopic (exact) mass is 210 g/mol. The van der Waals surface area contributed by atoms with Crippen LogP contribution in [-0.2, 0) is 16.5 Å². The van der Waals surface area contributed by atoms with E-state index in [9.17, 15) is 8.42 Å². The molecule has 1 aromatic rings. The minimum absolute atomic E-state index is 0.00593. The van der Waals surface area contributed by atoms with Gasteiger partial charge in [0.2, 0.25) is 5.89 Å². The highest BCUT2D eigenvalue weighted by molar-refractivity contribution is 7.85. The number of aromatic amines is 1. The number of rotatable bonds is 3. The molecule has 0 atom stereocenters. The van der Waals surface area contributed by atoms with E-state index in [0.717, 1.165) is 0 Å². The smallest absolute Gasteiger partial charge is 0.284 e. The first-order valence-corrected chi connectivity index (χ1v) is 4.99. The summed E-state index contributed by atoms with van der Waals surface area (Å²) < 4.78 is 33.6. The van der Waals surface area contributed by atoms with E-state index >= 15 is 0 Å². The number of nitrogens with one attached hydrogen (secondary N) is 1. The molecular weight excluding hydrogens is 204 g/mol. The lowest BCUT2D eigenvalue weighted by Crippen LogP contribution is -2.06. The predicted molar refractivity (Wildman–Crippen MR) is 41.8 cm³/mol. The van der Waals surface area contributed by atoms with Gasteiger partial charge in [-0.2, -0.15) is 8.42 Å². The fraction of sp³-hybridized carbons (Fsp3) is 0.500. The van der Waals surface area contributed by atoms with Crippen molar-refractivity contribution in [3.63, 3.8) is 0 Å². The van der Waals surface area contributed by atoms with Crippen molar-refractivity contribution in [3.05, 3.63) is 10.7 Å². The molecule has 0 aliphatic carbocycles. The quantitative estimate of drug-likeness (QED) is 0.545. The molecule has 0 aromatic carbocycles. The van der Waals surface area contributed by atoms with Gasteiger partial charge in [-0.25, -0.2) is 5.10 Å². The van der Waals surface area contributed by atoms with Crippen LogP contribution in [0.3, 0.4) is 0 Å². The second kappa shape index (κ2) is 3.33. The first kappa shape index (κ1) is 9.36. The fourth-order valence-electron chi connectivity index (χ4n) is 0.584. The number of aryl methyl sites for hydroxylation is 1. The van der Waals surface area contributed by atoms with Gasteiger partial charge in [0.15, 0.2) is 0 Å². The number of hydrogen-bond acceptors (Lipinski definition) is 5. The van der Waals surface area contributed by atoms with Gasteiger partial charge >= 0.3 is 0 Å². The predicted octanol–water partition coefficient (Wildman–Crippen LogP) is 0.162. The molecular formula is C4H6N2O4S2. The molecule has 0 saturated heterocycles. The van der Waals surface area contributed by atoms with Crippen molar-refractivity contribution in [2.45, 2.75) is 6.42 Å². The van der Waals surface area contributed by atoms with Gasteiger partial charge in [0.05, 0.1) is 5.75 Å². The largest absolute Gasteiger partial charge is 0.414 e. The maximum atomic E-state index is 10.3. The Morgan fingerprint density at radius 1 is 1.67 bits per heavy atom. The lowest BCUT2D eigenvalue weighted by Gasteiger charge is -1.90. The highest BCUT2D eigenvalue weighted by atomic mass is 32.2. The van der Waals surface area contributed by atoms with Crippen LogP contribution in [0.1, 0.15) is 5.89 Å². The average molecular weight is 210 g/mol. The van der Waals surface area contributed by atoms with Crippen LogP contribution in [0.5, 0.6) is 0 Å². The highest BCUT2D eigenvalue weighted by Crippen LogP contribution is 1.97. The van der Waals surface area contributed by atoms with Gasteiger partial charge < -0.3 is 4.42 Å². The third-order valence-corrected chi connectivity index (χ3v) is 1.95. The van der Waals surface area contributed by atoms with Crippen LogP contribution < -0.4 is 0 Å². The fourth-order valence-corrected chi connectivity index (χ4v) is 1.16. The molecule has 0 aliphatic rings. The summed E-state index contributed by atoms with van der Waals surface area (Å²) in [6.07, 6.45) is 0.00593. The molecule has 68 valence electrons.